The number of esters is 3. The van der Waals surface area contributed by atoms with Crippen molar-refractivity contribution in [1.29, 1.82) is 0 Å². The average Bonchev–Trinajstić information content (AvgIpc) is 2.46. The molecule has 1 aromatic rings. The van der Waals surface area contributed by atoms with E-state index in [9.17, 15) is 23.7 Å². The Labute approximate surface area is 507 Å². The van der Waals surface area contributed by atoms with E-state index in [4.69, 9.17) is 38.3 Å². The SMILES string of the molecule is CCCCCCCCCCCCCCCCC(=O)O[C@@H]1[C@@H](COP(=O)(OC(C)(C)OC(=O)CCCCCCCCCCCCCCCC)OC(C)(C)OC(=O)CCCCCCCCCCCCCCCC)O[C@@H](n2ccc(N)nc2=O)C1(F)F. The summed E-state index contributed by atoms with van der Waals surface area (Å²) in [7, 11) is -5.12. The highest BCUT2D eigenvalue weighted by molar-refractivity contribution is 7.48. The van der Waals surface area contributed by atoms with Gasteiger partial charge >= 0.3 is 37.3 Å². The molecule has 18 heteroatoms. The van der Waals surface area contributed by atoms with E-state index in [1.165, 1.54) is 195 Å². The highest BCUT2D eigenvalue weighted by atomic mass is 31.2. The second-order valence-corrected chi connectivity index (χ2v) is 26.4. The predicted molar refractivity (Wildman–Crippen MR) is 333 cm³/mol. The normalized spacial score (nSPS) is 16.3. The van der Waals surface area contributed by atoms with Crippen molar-refractivity contribution in [2.45, 2.75) is 373 Å². The molecular formula is C66H120F2N3O12P. The Morgan fingerprint density at radius 3 is 1.14 bits per heavy atom. The number of halogens is 2. The third kappa shape index (κ3) is 37.0. The van der Waals surface area contributed by atoms with E-state index in [0.29, 0.717) is 30.3 Å². The van der Waals surface area contributed by atoms with Crippen molar-refractivity contribution in [2.75, 3.05) is 12.3 Å². The minimum atomic E-state index is -5.12. The van der Waals surface area contributed by atoms with Crippen molar-refractivity contribution in [1.82, 2.24) is 9.55 Å². The van der Waals surface area contributed by atoms with E-state index < -0.39 is 74.0 Å². The first-order valence-electron chi connectivity index (χ1n) is 33.9. The molecule has 2 heterocycles. The lowest BCUT2D eigenvalue weighted by Gasteiger charge is -2.34. The molecule has 1 aromatic heterocycles. The Balaban J connectivity index is 2.12. The number of alkyl halides is 2. The lowest BCUT2D eigenvalue weighted by Crippen LogP contribution is -2.44. The molecule has 84 heavy (non-hydrogen) atoms. The van der Waals surface area contributed by atoms with Crippen LogP contribution in [0.2, 0.25) is 0 Å². The fourth-order valence-corrected chi connectivity index (χ4v) is 12.5. The fraction of sp³-hybridized carbons (Fsp3) is 0.894. The molecule has 0 aromatic carbocycles. The van der Waals surface area contributed by atoms with Gasteiger partial charge in [-0.1, -0.05) is 271 Å². The van der Waals surface area contributed by atoms with Crippen LogP contribution in [0.25, 0.3) is 0 Å². The Kier molecular flexibility index (Phi) is 42.4. The van der Waals surface area contributed by atoms with Crippen LogP contribution >= 0.6 is 7.82 Å². The number of carbonyl (C=O) groups excluding carboxylic acids is 3. The van der Waals surface area contributed by atoms with Gasteiger partial charge in [-0.15, -0.1) is 0 Å². The standard InChI is InChI=1S/C66H120F2N3O12P/c1-8-11-14-17-20-23-26-29-32-35-38-41-44-47-50-58(72)79-61-56(78-62(66(61,67)68)71-54-53-57(69)70-63(71)75)55-77-84(76,82-64(4,5)80-59(73)51-48-45-42-39-36-33-30-27-24-21-18-15-12-9-2)83-65(6,7)81-60(74)52-49-46-43-40-37-34-31-28-25-22-19-16-13-10-3/h53-54,56,61-62H,8-52,55H2,1-7H3,(H2,69,70,75)/t56-,61-,62-/m1/s1. The number of phosphoric ester groups is 1. The molecule has 0 radical (unpaired) electrons. The van der Waals surface area contributed by atoms with Gasteiger partial charge in [-0.3, -0.25) is 23.5 Å². The summed E-state index contributed by atoms with van der Waals surface area (Å²) in [5, 5.41) is 0. The molecule has 0 bridgehead atoms. The second-order valence-electron chi connectivity index (χ2n) is 24.9. The minimum Gasteiger partial charge on any atom is -0.453 e. The Morgan fingerprint density at radius 1 is 0.536 bits per heavy atom. The van der Waals surface area contributed by atoms with Crippen LogP contribution in [0.4, 0.5) is 14.6 Å². The van der Waals surface area contributed by atoms with Gasteiger partial charge in [0.2, 0.25) is 17.8 Å². The Bertz CT molecular complexity index is 1910. The zero-order chi connectivity index (χ0) is 61.8. The van der Waals surface area contributed by atoms with Gasteiger partial charge in [-0.2, -0.15) is 13.8 Å². The van der Waals surface area contributed by atoms with Gasteiger partial charge in [0.1, 0.15) is 11.9 Å². The Morgan fingerprint density at radius 2 is 0.833 bits per heavy atom. The van der Waals surface area contributed by atoms with Crippen LogP contribution in [0.1, 0.15) is 344 Å². The lowest BCUT2D eigenvalue weighted by molar-refractivity contribution is -0.209. The average molecular weight is 1220 g/mol. The van der Waals surface area contributed by atoms with Crippen LogP contribution in [-0.4, -0.2) is 63.8 Å². The van der Waals surface area contributed by atoms with Crippen LogP contribution in [0.5, 0.6) is 0 Å². The number of anilines is 1. The van der Waals surface area contributed by atoms with Gasteiger partial charge in [0.05, 0.1) is 6.61 Å². The van der Waals surface area contributed by atoms with E-state index in [1.54, 1.807) is 0 Å². The number of phosphoric acid groups is 1. The van der Waals surface area contributed by atoms with Crippen LogP contribution in [-0.2, 0) is 51.5 Å². The number of aromatic nitrogens is 2. The molecule has 1 aliphatic heterocycles. The fourth-order valence-electron chi connectivity index (χ4n) is 10.9. The summed E-state index contributed by atoms with van der Waals surface area (Å²) in [5.74, 6) is -10.4. The highest BCUT2D eigenvalue weighted by Gasteiger charge is 2.63. The molecule has 15 nitrogen and oxygen atoms in total. The third-order valence-corrected chi connectivity index (χ3v) is 17.5. The van der Waals surface area contributed by atoms with Crippen molar-refractivity contribution in [3.8, 4) is 0 Å². The Hall–Kier alpha value is -2.98. The van der Waals surface area contributed by atoms with Crippen LogP contribution in [0.3, 0.4) is 0 Å². The van der Waals surface area contributed by atoms with Gasteiger partial charge in [-0.25, -0.2) is 18.4 Å². The molecule has 0 unspecified atom stereocenters. The number of carbonyl (C=O) groups is 3. The molecule has 2 N–H and O–H groups in total. The number of nitrogens with two attached hydrogens (primary N) is 1. The van der Waals surface area contributed by atoms with Gasteiger partial charge in [0.25, 0.3) is 0 Å². The number of nitrogen functional groups attached to an aromatic ring is 1. The zero-order valence-electron chi connectivity index (χ0n) is 54.0. The van der Waals surface area contributed by atoms with Gasteiger partial charge in [-0.05, 0) is 25.3 Å². The van der Waals surface area contributed by atoms with Crippen LogP contribution in [0.15, 0.2) is 17.1 Å². The van der Waals surface area contributed by atoms with Gasteiger partial charge in [0.15, 0.2) is 6.10 Å². The summed E-state index contributed by atoms with van der Waals surface area (Å²) in [6.07, 6.45) is 41.9. The molecule has 3 atom stereocenters. The number of unbranched alkanes of at least 4 members (excludes halogenated alkanes) is 39. The zero-order valence-corrected chi connectivity index (χ0v) is 54.9. The van der Waals surface area contributed by atoms with Gasteiger partial charge < -0.3 is 24.7 Å². The van der Waals surface area contributed by atoms with Crippen molar-refractivity contribution in [3.05, 3.63) is 22.7 Å². The van der Waals surface area contributed by atoms with E-state index in [-0.39, 0.29) is 25.1 Å². The molecule has 0 aliphatic carbocycles. The number of rotatable bonds is 56. The quantitative estimate of drug-likeness (QED) is 0.0213. The number of hydrogen-bond donors (Lipinski definition) is 1. The molecule has 0 amide bonds. The van der Waals surface area contributed by atoms with Crippen molar-refractivity contribution >= 4 is 31.5 Å². The molecule has 0 saturated carbocycles. The smallest absolute Gasteiger partial charge is 0.453 e. The predicted octanol–water partition coefficient (Wildman–Crippen LogP) is 19.6. The molecule has 0 spiro atoms. The van der Waals surface area contributed by atoms with E-state index >= 15 is 8.78 Å². The van der Waals surface area contributed by atoms with E-state index in [0.717, 1.165) is 89.3 Å². The summed E-state index contributed by atoms with van der Waals surface area (Å²) < 4.78 is 89.0. The summed E-state index contributed by atoms with van der Waals surface area (Å²) in [6, 6.07) is 1.14. The largest absolute Gasteiger partial charge is 0.481 e. The van der Waals surface area contributed by atoms with Crippen LogP contribution in [0, 0.1) is 0 Å². The maximum Gasteiger partial charge on any atom is 0.481 e. The van der Waals surface area contributed by atoms with E-state index in [2.05, 4.69) is 25.8 Å². The van der Waals surface area contributed by atoms with Crippen molar-refractivity contribution in [3.63, 3.8) is 0 Å². The topological polar surface area (TPSA) is 194 Å². The summed E-state index contributed by atoms with van der Waals surface area (Å²) in [6.45, 7) is 11.0. The number of hydrogen-bond acceptors (Lipinski definition) is 14. The third-order valence-electron chi connectivity index (χ3n) is 15.7. The maximum absolute atomic E-state index is 16.7. The van der Waals surface area contributed by atoms with Crippen molar-refractivity contribution < 1.29 is 60.2 Å². The van der Waals surface area contributed by atoms with Gasteiger partial charge in [0, 0.05) is 53.2 Å². The number of ether oxygens (including phenoxy) is 4. The lowest BCUT2D eigenvalue weighted by atomic mass is 10.0. The minimum absolute atomic E-state index is 0.0529. The summed E-state index contributed by atoms with van der Waals surface area (Å²) in [4.78, 5) is 56.4. The van der Waals surface area contributed by atoms with E-state index in [1.807, 2.05) is 0 Å². The highest BCUT2D eigenvalue weighted by Crippen LogP contribution is 2.57. The molecule has 1 aliphatic rings. The molecule has 490 valence electrons. The maximum atomic E-state index is 16.7. The van der Waals surface area contributed by atoms with Crippen LogP contribution < -0.4 is 11.4 Å². The first kappa shape index (κ1) is 77.1. The number of nitrogens with zero attached hydrogens (tertiary/aromatic N) is 2. The second kappa shape index (κ2) is 46.2. The molecule has 2 rings (SSSR count). The monoisotopic (exact) mass is 1220 g/mol. The first-order valence-corrected chi connectivity index (χ1v) is 35.4. The molecule has 1 saturated heterocycles. The first-order chi connectivity index (χ1) is 40.3. The summed E-state index contributed by atoms with van der Waals surface area (Å²) >= 11 is 0. The molecular weight excluding hydrogens is 1100 g/mol. The summed E-state index contributed by atoms with van der Waals surface area (Å²) in [5.41, 5.74) is 4.53. The molecule has 1 fully saturated rings. The van der Waals surface area contributed by atoms with Crippen molar-refractivity contribution in [2.24, 2.45) is 0 Å².